The minimum Gasteiger partial charge on any atom is -0.507 e. The number of carbonyl (C=O) groups is 1. The maximum absolute atomic E-state index is 13.3. The molecule has 1 atom stereocenters. The Bertz CT molecular complexity index is 1160. The average molecular weight is 480 g/mol. The third-order valence-corrected chi connectivity index (χ3v) is 6.32. The first kappa shape index (κ1) is 24.6. The van der Waals surface area contributed by atoms with Crippen LogP contribution in [0, 0.1) is 0 Å². The van der Waals surface area contributed by atoms with E-state index in [1.165, 1.54) is 12.8 Å². The second-order valence-electron chi connectivity index (χ2n) is 8.59. The van der Waals surface area contributed by atoms with E-state index in [1.807, 2.05) is 24.3 Å². The zero-order valence-electron chi connectivity index (χ0n) is 20.5. The number of amides is 1. The first-order valence-electron chi connectivity index (χ1n) is 12.1. The molecule has 1 aliphatic rings. The highest BCUT2D eigenvalue weighted by atomic mass is 16.5. The molecule has 8 nitrogen and oxygen atoms in total. The highest BCUT2D eigenvalue weighted by Gasteiger charge is 2.42. The smallest absolute Gasteiger partial charge is 0.273 e. The van der Waals surface area contributed by atoms with Gasteiger partial charge in [0.2, 0.25) is 0 Å². The molecule has 0 unspecified atom stereocenters. The van der Waals surface area contributed by atoms with Gasteiger partial charge in [0, 0.05) is 24.8 Å². The molecule has 2 aromatic carbocycles. The normalized spacial score (nSPS) is 14.9. The Morgan fingerprint density at radius 3 is 2.63 bits per heavy atom. The summed E-state index contributed by atoms with van der Waals surface area (Å²) in [5, 5.41) is 17.8. The number of carbonyl (C=O) groups excluding carboxylic acids is 1. The predicted molar refractivity (Wildman–Crippen MR) is 133 cm³/mol. The quantitative estimate of drug-likeness (QED) is 0.357. The molecule has 35 heavy (non-hydrogen) atoms. The van der Waals surface area contributed by atoms with Crippen LogP contribution in [0.25, 0.3) is 11.3 Å². The second kappa shape index (κ2) is 11.3. The van der Waals surface area contributed by atoms with Crippen molar-refractivity contribution < 1.29 is 24.1 Å². The molecule has 1 aliphatic heterocycles. The zero-order chi connectivity index (χ0) is 24.8. The van der Waals surface area contributed by atoms with Crippen LogP contribution in [-0.2, 0) is 4.74 Å². The summed E-state index contributed by atoms with van der Waals surface area (Å²) in [7, 11) is 3.22. The van der Waals surface area contributed by atoms with Gasteiger partial charge in [0.25, 0.3) is 5.91 Å². The van der Waals surface area contributed by atoms with Crippen molar-refractivity contribution in [1.82, 2.24) is 15.1 Å². The number of aromatic nitrogens is 2. The number of benzene rings is 2. The zero-order valence-corrected chi connectivity index (χ0v) is 20.5. The summed E-state index contributed by atoms with van der Waals surface area (Å²) in [6, 6.07) is 12.3. The van der Waals surface area contributed by atoms with Crippen molar-refractivity contribution in [3.05, 3.63) is 59.3 Å². The lowest BCUT2D eigenvalue weighted by Crippen LogP contribution is -2.32. The molecule has 0 saturated heterocycles. The molecule has 3 aromatic rings. The van der Waals surface area contributed by atoms with Gasteiger partial charge >= 0.3 is 0 Å². The molecule has 1 aromatic heterocycles. The van der Waals surface area contributed by atoms with E-state index < -0.39 is 6.04 Å². The van der Waals surface area contributed by atoms with Crippen LogP contribution in [0.3, 0.4) is 0 Å². The van der Waals surface area contributed by atoms with Gasteiger partial charge in [0.1, 0.15) is 17.1 Å². The molecule has 0 radical (unpaired) electrons. The van der Waals surface area contributed by atoms with Crippen LogP contribution >= 0.6 is 0 Å². The van der Waals surface area contributed by atoms with E-state index in [2.05, 4.69) is 17.1 Å². The van der Waals surface area contributed by atoms with Crippen LogP contribution in [-0.4, -0.2) is 60.1 Å². The minimum atomic E-state index is -0.423. The van der Waals surface area contributed by atoms with Gasteiger partial charge in [-0.25, -0.2) is 0 Å². The van der Waals surface area contributed by atoms with Crippen molar-refractivity contribution >= 4 is 5.91 Å². The molecule has 2 heterocycles. The van der Waals surface area contributed by atoms with Crippen molar-refractivity contribution in [2.75, 3.05) is 34.0 Å². The Morgan fingerprint density at radius 2 is 1.89 bits per heavy atom. The maximum atomic E-state index is 13.3. The van der Waals surface area contributed by atoms with E-state index in [0.29, 0.717) is 48.2 Å². The molecule has 0 saturated carbocycles. The third kappa shape index (κ3) is 4.98. The number of nitrogens with zero attached hydrogens (tertiary/aromatic N) is 2. The van der Waals surface area contributed by atoms with Crippen LogP contribution in [0.2, 0.25) is 0 Å². The fourth-order valence-electron chi connectivity index (χ4n) is 4.53. The Morgan fingerprint density at radius 1 is 1.06 bits per heavy atom. The number of aromatic amines is 1. The Labute approximate surface area is 205 Å². The van der Waals surface area contributed by atoms with E-state index in [-0.39, 0.29) is 11.7 Å². The molecule has 8 heteroatoms. The van der Waals surface area contributed by atoms with Gasteiger partial charge in [0.05, 0.1) is 26.4 Å². The van der Waals surface area contributed by atoms with Crippen LogP contribution in [0.15, 0.2) is 42.5 Å². The molecule has 186 valence electrons. The van der Waals surface area contributed by atoms with Crippen molar-refractivity contribution in [1.29, 1.82) is 0 Å². The number of rotatable bonds is 12. The number of phenolic OH excluding ortho intramolecular Hbond substituents is 1. The van der Waals surface area contributed by atoms with Crippen molar-refractivity contribution in [2.24, 2.45) is 0 Å². The first-order valence-corrected chi connectivity index (χ1v) is 12.1. The number of fused-ring (bicyclic) bond motifs is 1. The number of methoxy groups -OCH3 is 2. The lowest BCUT2D eigenvalue weighted by molar-refractivity contribution is 0.0677. The van der Waals surface area contributed by atoms with Crippen LogP contribution in [0.1, 0.15) is 60.3 Å². The Balaban J connectivity index is 1.71. The SMILES string of the molecule is CCCCCCOc1ccc([C@H]2c3c(-c4ccccc4O)n[nH]c3C(=O)N2CCOC)cc1OC. The highest BCUT2D eigenvalue weighted by Crippen LogP contribution is 2.45. The predicted octanol–water partition coefficient (Wildman–Crippen LogP) is 4.94. The molecule has 2 N–H and O–H groups in total. The molecule has 0 aliphatic carbocycles. The average Bonchev–Trinajstić information content (AvgIpc) is 3.41. The lowest BCUT2D eigenvalue weighted by Gasteiger charge is -2.26. The standard InChI is InChI=1S/C27H33N3O5/c1-4-5-6-9-15-35-21-13-12-18(17-22(21)34-3)26-23-24(19-10-7-8-11-20(19)31)28-29-25(23)27(32)30(26)14-16-33-2/h7-8,10-13,17,26,31H,4-6,9,14-16H2,1-3H3,(H,28,29)/t26-/m0/s1. The summed E-state index contributed by atoms with van der Waals surface area (Å²) in [6.07, 6.45) is 4.49. The van der Waals surface area contributed by atoms with Crippen LogP contribution in [0.4, 0.5) is 0 Å². The summed E-state index contributed by atoms with van der Waals surface area (Å²) in [5.41, 5.74) is 3.12. The summed E-state index contributed by atoms with van der Waals surface area (Å²) >= 11 is 0. The number of unbranched alkanes of at least 4 members (excludes halogenated alkanes) is 3. The highest BCUT2D eigenvalue weighted by molar-refractivity contribution is 6.00. The van der Waals surface area contributed by atoms with E-state index in [1.54, 1.807) is 37.3 Å². The number of para-hydroxylation sites is 1. The van der Waals surface area contributed by atoms with Crippen LogP contribution < -0.4 is 9.47 Å². The van der Waals surface area contributed by atoms with Gasteiger partial charge < -0.3 is 24.2 Å². The largest absolute Gasteiger partial charge is 0.507 e. The number of H-pyrrole nitrogens is 1. The van der Waals surface area contributed by atoms with Crippen molar-refractivity contribution in [3.63, 3.8) is 0 Å². The number of aromatic hydroxyl groups is 1. The fraction of sp³-hybridized carbons (Fsp3) is 0.407. The molecular weight excluding hydrogens is 446 g/mol. The van der Waals surface area contributed by atoms with Crippen LogP contribution in [0.5, 0.6) is 17.2 Å². The molecule has 0 bridgehead atoms. The molecule has 1 amide bonds. The number of hydrogen-bond acceptors (Lipinski definition) is 6. The maximum Gasteiger partial charge on any atom is 0.273 e. The summed E-state index contributed by atoms with van der Waals surface area (Å²) in [5.74, 6) is 1.23. The van der Waals surface area contributed by atoms with Gasteiger partial charge in [-0.15, -0.1) is 0 Å². The van der Waals surface area contributed by atoms with Gasteiger partial charge in [-0.05, 0) is 36.2 Å². The van der Waals surface area contributed by atoms with Crippen molar-refractivity contribution in [2.45, 2.75) is 38.6 Å². The number of nitrogens with one attached hydrogen (secondary N) is 1. The minimum absolute atomic E-state index is 0.104. The van der Waals surface area contributed by atoms with E-state index in [4.69, 9.17) is 14.2 Å². The second-order valence-corrected chi connectivity index (χ2v) is 8.59. The summed E-state index contributed by atoms with van der Waals surface area (Å²) in [4.78, 5) is 15.1. The van der Waals surface area contributed by atoms with Gasteiger partial charge in [0.15, 0.2) is 11.5 Å². The van der Waals surface area contributed by atoms with E-state index in [0.717, 1.165) is 24.0 Å². The Kier molecular flexibility index (Phi) is 7.92. The van der Waals surface area contributed by atoms with Gasteiger partial charge in [-0.2, -0.15) is 5.10 Å². The number of phenols is 1. The van der Waals surface area contributed by atoms with E-state index in [9.17, 15) is 9.90 Å². The lowest BCUT2D eigenvalue weighted by atomic mass is 9.95. The fourth-order valence-corrected chi connectivity index (χ4v) is 4.53. The number of hydrogen-bond donors (Lipinski definition) is 2. The van der Waals surface area contributed by atoms with E-state index >= 15 is 0 Å². The molecule has 0 spiro atoms. The third-order valence-electron chi connectivity index (χ3n) is 6.32. The summed E-state index contributed by atoms with van der Waals surface area (Å²) in [6.45, 7) is 3.60. The molecule has 4 rings (SSSR count). The summed E-state index contributed by atoms with van der Waals surface area (Å²) < 4.78 is 16.9. The van der Waals surface area contributed by atoms with Gasteiger partial charge in [-0.3, -0.25) is 9.89 Å². The Hall–Kier alpha value is -3.52. The number of ether oxygens (including phenoxy) is 3. The van der Waals surface area contributed by atoms with Crippen molar-refractivity contribution in [3.8, 4) is 28.5 Å². The first-order chi connectivity index (χ1) is 17.1. The molecule has 0 fully saturated rings. The monoisotopic (exact) mass is 479 g/mol. The van der Waals surface area contributed by atoms with Gasteiger partial charge in [-0.1, -0.05) is 44.4 Å². The topological polar surface area (TPSA) is 96.9 Å². The molecular formula is C27H33N3O5.